The predicted octanol–water partition coefficient (Wildman–Crippen LogP) is 4.03. The number of hydrogen-bond donors (Lipinski definition) is 1. The third-order valence-electron chi connectivity index (χ3n) is 7.09. The molecule has 1 fully saturated rings. The Balaban J connectivity index is 1.80. The van der Waals surface area contributed by atoms with Gasteiger partial charge in [0.05, 0.1) is 36.4 Å². The predicted molar refractivity (Wildman–Crippen MR) is 160 cm³/mol. The quantitative estimate of drug-likeness (QED) is 0.296. The SMILES string of the molecule is C=CCN1CC(N(C)CCn2c(=O)c(-c3c(Cl)c(OC)cc(OC)c3Cl)cc3cnc(N[C@H](C)COC)nc32)C1. The number of benzene rings is 1. The standard InChI is InChI=1S/C28H36Cl2N6O4/c1-7-8-35-14-19(15-35)34(3)9-10-36-26-18(13-31-28(33-26)32-17(2)16-38-4)11-20(27(36)37)23-24(29)21(39-5)12-22(40-6)25(23)30/h7,11-13,17,19H,1,8-10,14-16H2,2-6H3,(H,31,32,33)/t17-/m1/s1. The number of rotatable bonds is 13. The van der Waals surface area contributed by atoms with Crippen molar-refractivity contribution in [2.24, 2.45) is 0 Å². The van der Waals surface area contributed by atoms with Gasteiger partial charge in [-0.05, 0) is 20.0 Å². The first-order valence-electron chi connectivity index (χ1n) is 13.0. The van der Waals surface area contributed by atoms with Crippen LogP contribution in [0.2, 0.25) is 10.0 Å². The molecule has 40 heavy (non-hydrogen) atoms. The van der Waals surface area contributed by atoms with Gasteiger partial charge in [0.15, 0.2) is 0 Å². The average Bonchev–Trinajstić information content (AvgIpc) is 2.90. The summed E-state index contributed by atoms with van der Waals surface area (Å²) in [6.45, 7) is 10.1. The van der Waals surface area contributed by atoms with Gasteiger partial charge in [-0.15, -0.1) is 6.58 Å². The van der Waals surface area contributed by atoms with E-state index in [1.807, 2.05) is 13.0 Å². The minimum atomic E-state index is -0.281. The van der Waals surface area contributed by atoms with Crippen molar-refractivity contribution in [2.45, 2.75) is 25.6 Å². The maximum Gasteiger partial charge on any atom is 0.260 e. The first-order valence-corrected chi connectivity index (χ1v) is 13.8. The van der Waals surface area contributed by atoms with Crippen molar-refractivity contribution < 1.29 is 14.2 Å². The van der Waals surface area contributed by atoms with Crippen LogP contribution in [0.1, 0.15) is 6.92 Å². The van der Waals surface area contributed by atoms with Crippen LogP contribution in [-0.4, -0.2) is 97.6 Å². The van der Waals surface area contributed by atoms with Gasteiger partial charge < -0.3 is 19.5 Å². The summed E-state index contributed by atoms with van der Waals surface area (Å²) in [7, 11) is 6.70. The van der Waals surface area contributed by atoms with Crippen LogP contribution >= 0.6 is 23.2 Å². The molecule has 1 aliphatic rings. The molecule has 1 aliphatic heterocycles. The van der Waals surface area contributed by atoms with Gasteiger partial charge >= 0.3 is 0 Å². The van der Waals surface area contributed by atoms with Crippen molar-refractivity contribution in [3.63, 3.8) is 0 Å². The van der Waals surface area contributed by atoms with E-state index in [9.17, 15) is 4.79 Å². The molecule has 3 heterocycles. The van der Waals surface area contributed by atoms with Crippen molar-refractivity contribution in [1.82, 2.24) is 24.3 Å². The van der Waals surface area contributed by atoms with Gasteiger partial charge in [0.25, 0.3) is 5.56 Å². The van der Waals surface area contributed by atoms with Gasteiger partial charge in [-0.3, -0.25) is 19.2 Å². The lowest BCUT2D eigenvalue weighted by atomic mass is 10.0. The van der Waals surface area contributed by atoms with Crippen LogP contribution in [0, 0.1) is 0 Å². The lowest BCUT2D eigenvalue weighted by Crippen LogP contribution is -2.58. The number of hydrogen-bond acceptors (Lipinski definition) is 9. The van der Waals surface area contributed by atoms with E-state index in [1.165, 1.54) is 14.2 Å². The Labute approximate surface area is 244 Å². The largest absolute Gasteiger partial charge is 0.495 e. The maximum atomic E-state index is 14.2. The minimum absolute atomic E-state index is 0.0213. The summed E-state index contributed by atoms with van der Waals surface area (Å²) in [6.07, 6.45) is 3.60. The maximum absolute atomic E-state index is 14.2. The molecule has 1 atom stereocenters. The van der Waals surface area contributed by atoms with Crippen LogP contribution in [0.25, 0.3) is 22.2 Å². The number of ether oxygens (including phenoxy) is 3. The normalized spacial score (nSPS) is 14.8. The molecule has 0 aliphatic carbocycles. The fourth-order valence-corrected chi connectivity index (χ4v) is 5.55. The summed E-state index contributed by atoms with van der Waals surface area (Å²) in [5, 5.41) is 4.34. The van der Waals surface area contributed by atoms with Crippen LogP contribution in [-0.2, 0) is 11.3 Å². The molecule has 0 amide bonds. The molecule has 2 aromatic heterocycles. The number of methoxy groups -OCH3 is 3. The number of nitrogens with one attached hydrogen (secondary N) is 1. The van der Waals surface area contributed by atoms with Crippen molar-refractivity contribution in [2.75, 3.05) is 66.5 Å². The van der Waals surface area contributed by atoms with Crippen molar-refractivity contribution in [3.8, 4) is 22.6 Å². The van der Waals surface area contributed by atoms with Crippen LogP contribution in [0.4, 0.5) is 5.95 Å². The number of likely N-dealkylation sites (N-methyl/N-ethyl adjacent to an activating group) is 1. The highest BCUT2D eigenvalue weighted by molar-refractivity contribution is 6.41. The average molecular weight is 592 g/mol. The van der Waals surface area contributed by atoms with Crippen LogP contribution < -0.4 is 20.3 Å². The van der Waals surface area contributed by atoms with E-state index in [-0.39, 0.29) is 21.6 Å². The molecule has 1 N–H and O–H groups in total. The number of halogens is 2. The number of anilines is 1. The second-order valence-corrected chi connectivity index (χ2v) is 10.7. The Hall–Kier alpha value is -2.89. The number of pyridine rings is 1. The summed E-state index contributed by atoms with van der Waals surface area (Å²) in [5.74, 6) is 1.10. The Morgan fingerprint density at radius 3 is 2.48 bits per heavy atom. The molecular weight excluding hydrogens is 555 g/mol. The lowest BCUT2D eigenvalue weighted by molar-refractivity contribution is 0.0569. The zero-order chi connectivity index (χ0) is 29.0. The molecule has 12 heteroatoms. The highest BCUT2D eigenvalue weighted by Gasteiger charge is 2.29. The molecule has 4 rings (SSSR count). The highest BCUT2D eigenvalue weighted by atomic mass is 35.5. The van der Waals surface area contributed by atoms with Crippen LogP contribution in [0.15, 0.2) is 35.8 Å². The Morgan fingerprint density at radius 2 is 1.88 bits per heavy atom. The molecule has 3 aromatic rings. The van der Waals surface area contributed by atoms with Gasteiger partial charge in [0, 0.05) is 75.1 Å². The fraction of sp³-hybridized carbons (Fsp3) is 0.464. The van der Waals surface area contributed by atoms with Crippen molar-refractivity contribution in [1.29, 1.82) is 0 Å². The van der Waals surface area contributed by atoms with Gasteiger partial charge in [-0.2, -0.15) is 4.98 Å². The molecule has 0 unspecified atom stereocenters. The Kier molecular flexibility index (Phi) is 9.91. The second-order valence-electron chi connectivity index (χ2n) is 9.91. The minimum Gasteiger partial charge on any atom is -0.495 e. The number of nitrogens with zero attached hydrogens (tertiary/aromatic N) is 5. The lowest BCUT2D eigenvalue weighted by Gasteiger charge is -2.43. The highest BCUT2D eigenvalue weighted by Crippen LogP contribution is 2.45. The van der Waals surface area contributed by atoms with Crippen molar-refractivity contribution >= 4 is 40.2 Å². The molecule has 0 saturated carbocycles. The van der Waals surface area contributed by atoms with E-state index in [0.29, 0.717) is 65.3 Å². The summed E-state index contributed by atoms with van der Waals surface area (Å²) >= 11 is 13.4. The number of fused-ring (bicyclic) bond motifs is 1. The van der Waals surface area contributed by atoms with E-state index in [4.69, 9.17) is 42.4 Å². The summed E-state index contributed by atoms with van der Waals surface area (Å²) < 4.78 is 17.8. The Bertz CT molecular complexity index is 1400. The first-order chi connectivity index (χ1) is 19.2. The third kappa shape index (κ3) is 6.21. The van der Waals surface area contributed by atoms with Gasteiger partial charge in [-0.1, -0.05) is 29.3 Å². The first kappa shape index (κ1) is 30.1. The number of likely N-dealkylation sites (tertiary alicyclic amines) is 1. The van der Waals surface area contributed by atoms with Crippen LogP contribution in [0.5, 0.6) is 11.5 Å². The van der Waals surface area contributed by atoms with E-state index in [2.05, 4.69) is 33.7 Å². The van der Waals surface area contributed by atoms with E-state index in [0.717, 1.165) is 19.6 Å². The van der Waals surface area contributed by atoms with Crippen molar-refractivity contribution in [3.05, 3.63) is 51.4 Å². The molecule has 1 aromatic carbocycles. The topological polar surface area (TPSA) is 94.0 Å². The van der Waals surface area contributed by atoms with E-state index < -0.39 is 0 Å². The van der Waals surface area contributed by atoms with Crippen LogP contribution in [0.3, 0.4) is 0 Å². The van der Waals surface area contributed by atoms with E-state index in [1.54, 1.807) is 30.0 Å². The summed E-state index contributed by atoms with van der Waals surface area (Å²) in [4.78, 5) is 28.0. The second kappa shape index (κ2) is 13.2. The monoisotopic (exact) mass is 590 g/mol. The fourth-order valence-electron chi connectivity index (χ4n) is 4.84. The zero-order valence-electron chi connectivity index (χ0n) is 23.5. The molecule has 1 saturated heterocycles. The molecule has 10 nitrogen and oxygen atoms in total. The molecular formula is C28H36Cl2N6O4. The van der Waals surface area contributed by atoms with Gasteiger partial charge in [-0.25, -0.2) is 4.98 Å². The van der Waals surface area contributed by atoms with E-state index >= 15 is 0 Å². The molecule has 0 spiro atoms. The summed E-state index contributed by atoms with van der Waals surface area (Å²) in [5.41, 5.74) is 0.869. The van der Waals surface area contributed by atoms with Gasteiger partial charge in [0.2, 0.25) is 5.95 Å². The zero-order valence-corrected chi connectivity index (χ0v) is 25.1. The smallest absolute Gasteiger partial charge is 0.260 e. The Morgan fingerprint density at radius 1 is 1.20 bits per heavy atom. The third-order valence-corrected chi connectivity index (χ3v) is 7.84. The number of aromatic nitrogens is 3. The molecule has 0 radical (unpaired) electrons. The molecule has 0 bridgehead atoms. The summed E-state index contributed by atoms with van der Waals surface area (Å²) in [6, 6.07) is 3.69. The molecule has 216 valence electrons. The van der Waals surface area contributed by atoms with Gasteiger partial charge in [0.1, 0.15) is 17.1 Å².